The quantitative estimate of drug-likeness (QED) is 0.240. The fraction of sp³-hybridized carbons (Fsp3) is 0.733. The van der Waals surface area contributed by atoms with E-state index >= 15 is 0 Å². The molecule has 4 atom stereocenters. The number of urea groups is 1. The Morgan fingerprint density at radius 3 is 2.36 bits per heavy atom. The van der Waals surface area contributed by atoms with Crippen molar-refractivity contribution in [3.05, 3.63) is 29.8 Å². The van der Waals surface area contributed by atoms with E-state index in [1.165, 1.54) is 44.9 Å². The zero-order valence-corrected chi connectivity index (χ0v) is 23.3. The lowest BCUT2D eigenvalue weighted by Gasteiger charge is -2.34. The molecule has 3 N–H and O–H groups in total. The molecule has 3 aliphatic rings. The van der Waals surface area contributed by atoms with Crippen LogP contribution in [0.4, 0.5) is 10.5 Å². The molecule has 9 heteroatoms. The van der Waals surface area contributed by atoms with Gasteiger partial charge in [0, 0.05) is 31.7 Å². The maximum Gasteiger partial charge on any atom is 0.319 e. The monoisotopic (exact) mass is 546 g/mol. The molecule has 0 radical (unpaired) electrons. The predicted molar refractivity (Wildman–Crippen MR) is 148 cm³/mol. The van der Waals surface area contributed by atoms with Crippen LogP contribution in [0, 0.1) is 0 Å². The van der Waals surface area contributed by atoms with Gasteiger partial charge < -0.3 is 34.7 Å². The van der Waals surface area contributed by atoms with Crippen molar-refractivity contribution in [3.63, 3.8) is 0 Å². The van der Waals surface area contributed by atoms with Crippen LogP contribution in [0.15, 0.2) is 24.3 Å². The van der Waals surface area contributed by atoms with Crippen molar-refractivity contribution in [1.82, 2.24) is 5.32 Å². The average Bonchev–Trinajstić information content (AvgIpc) is 3.41. The second kappa shape index (κ2) is 15.0. The summed E-state index contributed by atoms with van der Waals surface area (Å²) in [5, 5.41) is 14.6. The van der Waals surface area contributed by atoms with Crippen molar-refractivity contribution in [2.75, 3.05) is 18.5 Å². The summed E-state index contributed by atoms with van der Waals surface area (Å²) < 4.78 is 25.4. The van der Waals surface area contributed by atoms with Crippen LogP contribution in [0.25, 0.3) is 0 Å². The summed E-state index contributed by atoms with van der Waals surface area (Å²) in [6, 6.07) is 6.39. The third-order valence-corrected chi connectivity index (χ3v) is 7.90. The van der Waals surface area contributed by atoms with Crippen LogP contribution in [-0.4, -0.2) is 60.6 Å². The van der Waals surface area contributed by atoms with Crippen LogP contribution in [0.2, 0.25) is 0 Å². The topological polar surface area (TPSA) is 115 Å². The van der Waals surface area contributed by atoms with Crippen molar-refractivity contribution in [1.29, 1.82) is 0 Å². The lowest BCUT2D eigenvalue weighted by molar-refractivity contribution is -0.247. The zero-order valence-electron chi connectivity index (χ0n) is 23.3. The fourth-order valence-corrected chi connectivity index (χ4v) is 5.80. The first-order valence-electron chi connectivity index (χ1n) is 15.0. The molecule has 0 bridgehead atoms. The average molecular weight is 547 g/mol. The number of rotatable bonds is 15. The Kier molecular flexibility index (Phi) is 11.4. The summed E-state index contributed by atoms with van der Waals surface area (Å²) in [6.45, 7) is 3.13. The Labute approximate surface area is 232 Å². The predicted octanol–water partition coefficient (Wildman–Crippen LogP) is 5.76. The molecule has 2 heterocycles. The minimum absolute atomic E-state index is 0.0559. The smallest absolute Gasteiger partial charge is 0.319 e. The molecule has 1 aliphatic carbocycles. The van der Waals surface area contributed by atoms with Crippen molar-refractivity contribution in [3.8, 4) is 0 Å². The molecule has 9 nitrogen and oxygen atoms in total. The summed E-state index contributed by atoms with van der Waals surface area (Å²) in [6.07, 6.45) is 13.5. The highest BCUT2D eigenvalue weighted by molar-refractivity contribution is 5.89. The Hall–Kier alpha value is -2.20. The van der Waals surface area contributed by atoms with Crippen molar-refractivity contribution < 1.29 is 33.6 Å². The second-order valence-corrected chi connectivity index (χ2v) is 11.1. The number of unbranched alkanes of at least 4 members (excludes halogenated alkanes) is 7. The number of carboxylic acids is 1. The van der Waals surface area contributed by atoms with E-state index in [0.717, 1.165) is 38.5 Å². The van der Waals surface area contributed by atoms with Gasteiger partial charge in [-0.05, 0) is 37.0 Å². The number of ether oxygens (including phenoxy) is 4. The maximum atomic E-state index is 12.6. The molecule has 218 valence electrons. The van der Waals surface area contributed by atoms with E-state index in [4.69, 9.17) is 24.1 Å². The molecule has 39 heavy (non-hydrogen) atoms. The molecule has 0 aromatic heterocycles. The van der Waals surface area contributed by atoms with Gasteiger partial charge in [0.25, 0.3) is 0 Å². The highest BCUT2D eigenvalue weighted by Crippen LogP contribution is 2.45. The molecule has 2 amide bonds. The number of fused-ring (bicyclic) bond motifs is 1. The number of benzene rings is 1. The lowest BCUT2D eigenvalue weighted by Crippen LogP contribution is -2.45. The van der Waals surface area contributed by atoms with E-state index in [0.29, 0.717) is 17.9 Å². The third-order valence-electron chi connectivity index (χ3n) is 7.90. The fourth-order valence-electron chi connectivity index (χ4n) is 5.80. The van der Waals surface area contributed by atoms with E-state index in [2.05, 4.69) is 17.6 Å². The van der Waals surface area contributed by atoms with Gasteiger partial charge in [0.2, 0.25) is 0 Å². The number of carboxylic acid groups (broad SMARTS) is 1. The van der Waals surface area contributed by atoms with Crippen LogP contribution in [0.5, 0.6) is 0 Å². The number of aliphatic carboxylic acids is 1. The van der Waals surface area contributed by atoms with Crippen molar-refractivity contribution >= 4 is 17.7 Å². The molecule has 2 saturated heterocycles. The number of hydrogen-bond acceptors (Lipinski definition) is 6. The van der Waals surface area contributed by atoms with Gasteiger partial charge in [-0.25, -0.2) is 4.79 Å². The lowest BCUT2D eigenvalue weighted by atomic mass is 9.94. The largest absolute Gasteiger partial charge is 0.481 e. The third kappa shape index (κ3) is 8.90. The molecule has 1 aromatic carbocycles. The van der Waals surface area contributed by atoms with Crippen molar-refractivity contribution in [2.45, 2.75) is 127 Å². The molecule has 1 aromatic rings. The summed E-state index contributed by atoms with van der Waals surface area (Å²) >= 11 is 0. The highest BCUT2D eigenvalue weighted by atomic mass is 16.8. The summed E-state index contributed by atoms with van der Waals surface area (Å²) in [7, 11) is 0. The van der Waals surface area contributed by atoms with Crippen LogP contribution in [0.1, 0.15) is 96.0 Å². The Morgan fingerprint density at radius 1 is 0.974 bits per heavy atom. The first-order valence-corrected chi connectivity index (χ1v) is 15.0. The molecule has 1 saturated carbocycles. The number of nitrogens with one attached hydrogen (secondary N) is 2. The second-order valence-electron chi connectivity index (χ2n) is 11.1. The van der Waals surface area contributed by atoms with E-state index in [9.17, 15) is 9.59 Å². The molecule has 0 unspecified atom stereocenters. The van der Waals surface area contributed by atoms with E-state index < -0.39 is 18.0 Å². The maximum absolute atomic E-state index is 12.6. The first kappa shape index (κ1) is 29.8. The van der Waals surface area contributed by atoms with Crippen molar-refractivity contribution in [2.24, 2.45) is 0 Å². The molecular weight excluding hydrogens is 500 g/mol. The van der Waals surface area contributed by atoms with Crippen LogP contribution in [-0.2, 0) is 30.2 Å². The van der Waals surface area contributed by atoms with Gasteiger partial charge in [0.1, 0.15) is 18.3 Å². The number of carbonyl (C=O) groups is 2. The number of carbonyl (C=O) groups excluding carboxylic acids is 1. The zero-order chi connectivity index (χ0) is 27.5. The van der Waals surface area contributed by atoms with E-state index in [1.54, 1.807) is 24.3 Å². The van der Waals surface area contributed by atoms with Crippen LogP contribution >= 0.6 is 0 Å². The number of hydrogen-bond donors (Lipinski definition) is 3. The molecular formula is C30H46N2O7. The van der Waals surface area contributed by atoms with E-state index in [1.807, 2.05) is 0 Å². The normalized spacial score (nSPS) is 25.5. The molecule has 1 spiro atoms. The van der Waals surface area contributed by atoms with Gasteiger partial charge >= 0.3 is 12.0 Å². The molecule has 3 fully saturated rings. The summed E-state index contributed by atoms with van der Waals surface area (Å²) in [5.74, 6) is -1.45. The Balaban J connectivity index is 1.25. The number of amides is 2. The van der Waals surface area contributed by atoms with Gasteiger partial charge in [-0.15, -0.1) is 0 Å². The van der Waals surface area contributed by atoms with Crippen LogP contribution in [0.3, 0.4) is 0 Å². The summed E-state index contributed by atoms with van der Waals surface area (Å²) in [4.78, 5) is 23.4. The Morgan fingerprint density at radius 2 is 1.67 bits per heavy atom. The molecule has 4 rings (SSSR count). The first-order chi connectivity index (χ1) is 19.0. The minimum Gasteiger partial charge on any atom is -0.481 e. The molecule has 2 aliphatic heterocycles. The van der Waals surface area contributed by atoms with Gasteiger partial charge in [-0.3, -0.25) is 4.79 Å². The van der Waals surface area contributed by atoms with Gasteiger partial charge in [0.05, 0.1) is 6.42 Å². The number of anilines is 1. The van der Waals surface area contributed by atoms with Crippen LogP contribution < -0.4 is 10.6 Å². The van der Waals surface area contributed by atoms with Gasteiger partial charge in [-0.2, -0.15) is 0 Å². The Bertz CT molecular complexity index is 903. The summed E-state index contributed by atoms with van der Waals surface area (Å²) in [5.41, 5.74) is 1.26. The van der Waals surface area contributed by atoms with Gasteiger partial charge in [-0.1, -0.05) is 70.4 Å². The highest BCUT2D eigenvalue weighted by Gasteiger charge is 2.58. The SMILES string of the molecule is CCCCCCCCCCO[C@@H]1[C@H]2OC3(CCCCC3)O[C@H]2O[C@@H]1CNC(=O)Nc1ccc(CC(=O)O)cc1. The standard InChI is InChI=1S/C30H46N2O7/c1-2-3-4-5-6-7-8-12-19-36-26-24(37-28-27(26)38-30(39-28)17-10-9-11-18-30)21-31-29(35)32-23-15-13-22(14-16-23)20-25(33)34/h13-16,24,26-28H,2-12,17-21H2,1H3,(H,33,34)(H2,31,32,35)/t24-,26+,27-,28-/m1/s1. The van der Waals surface area contributed by atoms with E-state index in [-0.39, 0.29) is 37.3 Å². The van der Waals surface area contributed by atoms with Gasteiger partial charge in [0.15, 0.2) is 12.1 Å². The minimum atomic E-state index is -0.892.